The third-order valence-corrected chi connectivity index (χ3v) is 9.50. The highest BCUT2D eigenvalue weighted by atomic mass is 32.2. The number of anilines is 1. The summed E-state index contributed by atoms with van der Waals surface area (Å²) < 4.78 is 40.5. The predicted octanol–water partition coefficient (Wildman–Crippen LogP) is 4.52. The van der Waals surface area contributed by atoms with Gasteiger partial charge in [0.05, 0.1) is 10.6 Å². The van der Waals surface area contributed by atoms with Crippen molar-refractivity contribution in [2.24, 2.45) is 0 Å². The fraction of sp³-hybridized carbons (Fsp3) is 0.375. The van der Waals surface area contributed by atoms with Crippen molar-refractivity contribution in [1.29, 1.82) is 0 Å². The van der Waals surface area contributed by atoms with Crippen LogP contribution in [0.1, 0.15) is 44.6 Å². The van der Waals surface area contributed by atoms with Crippen molar-refractivity contribution in [3.63, 3.8) is 0 Å². The lowest BCUT2D eigenvalue weighted by Gasteiger charge is -2.34. The maximum Gasteiger partial charge on any atom is 0.264 e. The highest BCUT2D eigenvalue weighted by Crippen LogP contribution is 2.36. The Labute approximate surface area is 247 Å². The summed E-state index contributed by atoms with van der Waals surface area (Å²) in [7, 11) is -4.16. The van der Waals surface area contributed by atoms with Gasteiger partial charge in [0.1, 0.15) is 25.8 Å². The number of amides is 2. The van der Waals surface area contributed by atoms with Crippen LogP contribution in [0.2, 0.25) is 0 Å². The summed E-state index contributed by atoms with van der Waals surface area (Å²) in [4.78, 5) is 29.3. The van der Waals surface area contributed by atoms with Gasteiger partial charge in [0, 0.05) is 18.7 Å². The van der Waals surface area contributed by atoms with Crippen molar-refractivity contribution >= 4 is 27.5 Å². The SMILES string of the molecule is CC[C@H](C(=O)NC1CCCC1)N(Cc1ccccc1)C(=O)CN(c1ccc2c(c1)OCCO2)S(=O)(=O)c1ccccc1. The lowest BCUT2D eigenvalue weighted by molar-refractivity contribution is -0.140. The molecule has 3 aromatic carbocycles. The summed E-state index contributed by atoms with van der Waals surface area (Å²) >= 11 is 0. The van der Waals surface area contributed by atoms with Crippen LogP contribution < -0.4 is 19.1 Å². The van der Waals surface area contributed by atoms with Gasteiger partial charge in [-0.25, -0.2) is 8.42 Å². The van der Waals surface area contributed by atoms with Crippen LogP contribution in [-0.4, -0.2) is 57.0 Å². The van der Waals surface area contributed by atoms with Gasteiger partial charge < -0.3 is 19.7 Å². The molecule has 1 aliphatic carbocycles. The Bertz CT molecular complexity index is 1480. The molecule has 3 aromatic rings. The summed E-state index contributed by atoms with van der Waals surface area (Å²) in [6, 6.07) is 21.6. The van der Waals surface area contributed by atoms with E-state index in [0.29, 0.717) is 31.1 Å². The topological polar surface area (TPSA) is 105 Å². The minimum absolute atomic E-state index is 0.0494. The van der Waals surface area contributed by atoms with E-state index in [1.54, 1.807) is 36.4 Å². The average molecular weight is 592 g/mol. The molecule has 1 fully saturated rings. The van der Waals surface area contributed by atoms with Gasteiger partial charge in [-0.2, -0.15) is 0 Å². The molecule has 1 N–H and O–H groups in total. The largest absolute Gasteiger partial charge is 0.486 e. The number of rotatable bonds is 11. The van der Waals surface area contributed by atoms with Gasteiger partial charge in [-0.1, -0.05) is 68.3 Å². The molecule has 1 aliphatic heterocycles. The molecule has 0 unspecified atom stereocenters. The highest BCUT2D eigenvalue weighted by molar-refractivity contribution is 7.92. The Morgan fingerprint density at radius 3 is 2.21 bits per heavy atom. The summed E-state index contributed by atoms with van der Waals surface area (Å²) in [6.45, 7) is 2.25. The molecule has 0 radical (unpaired) electrons. The van der Waals surface area contributed by atoms with Gasteiger partial charge in [0.15, 0.2) is 11.5 Å². The van der Waals surface area contributed by atoms with Crippen molar-refractivity contribution in [3.8, 4) is 11.5 Å². The Hall–Kier alpha value is -4.05. The van der Waals surface area contributed by atoms with Crippen molar-refractivity contribution in [2.75, 3.05) is 24.1 Å². The van der Waals surface area contributed by atoms with E-state index in [4.69, 9.17) is 9.47 Å². The molecule has 0 aromatic heterocycles. The number of fused-ring (bicyclic) bond motifs is 1. The molecule has 1 saturated carbocycles. The maximum atomic E-state index is 14.2. The number of hydrogen-bond acceptors (Lipinski definition) is 6. The molecule has 0 bridgehead atoms. The first-order valence-electron chi connectivity index (χ1n) is 14.5. The summed E-state index contributed by atoms with van der Waals surface area (Å²) in [5.74, 6) is 0.212. The van der Waals surface area contributed by atoms with Crippen LogP contribution in [0.25, 0.3) is 0 Å². The monoisotopic (exact) mass is 591 g/mol. The first kappa shape index (κ1) is 29.4. The van der Waals surface area contributed by atoms with E-state index in [0.717, 1.165) is 35.6 Å². The fourth-order valence-electron chi connectivity index (χ4n) is 5.50. The summed E-state index contributed by atoms with van der Waals surface area (Å²) in [5.41, 5.74) is 1.11. The lowest BCUT2D eigenvalue weighted by Crippen LogP contribution is -2.53. The third-order valence-electron chi connectivity index (χ3n) is 7.71. The molecular formula is C32H37N3O6S. The van der Waals surface area contributed by atoms with Crippen molar-refractivity contribution < 1.29 is 27.5 Å². The van der Waals surface area contributed by atoms with Crippen molar-refractivity contribution in [3.05, 3.63) is 84.4 Å². The minimum Gasteiger partial charge on any atom is -0.486 e. The second kappa shape index (κ2) is 13.3. The number of carbonyl (C=O) groups is 2. The zero-order chi connectivity index (χ0) is 29.5. The maximum absolute atomic E-state index is 14.2. The molecule has 10 heteroatoms. The Morgan fingerprint density at radius 2 is 1.55 bits per heavy atom. The molecular weight excluding hydrogens is 554 g/mol. The van der Waals surface area contributed by atoms with Gasteiger partial charge in [-0.15, -0.1) is 0 Å². The van der Waals surface area contributed by atoms with Crippen molar-refractivity contribution in [1.82, 2.24) is 10.2 Å². The lowest BCUT2D eigenvalue weighted by atomic mass is 10.1. The second-order valence-corrected chi connectivity index (χ2v) is 12.4. The average Bonchev–Trinajstić information content (AvgIpc) is 3.53. The van der Waals surface area contributed by atoms with Gasteiger partial charge >= 0.3 is 0 Å². The van der Waals surface area contributed by atoms with Gasteiger partial charge in [0.25, 0.3) is 10.0 Å². The van der Waals surface area contributed by atoms with E-state index in [-0.39, 0.29) is 29.1 Å². The van der Waals surface area contributed by atoms with Gasteiger partial charge in [-0.3, -0.25) is 13.9 Å². The summed E-state index contributed by atoms with van der Waals surface area (Å²) in [6.07, 6.45) is 4.35. The van der Waals surface area contributed by atoms with E-state index >= 15 is 0 Å². The molecule has 1 atom stereocenters. The quantitative estimate of drug-likeness (QED) is 0.352. The standard InChI is InChI=1S/C32H37N3O6S/c1-2-28(32(37)33-25-13-9-10-14-25)34(22-24-11-5-3-6-12-24)31(36)23-35(42(38,39)27-15-7-4-8-16-27)26-17-18-29-30(21-26)41-20-19-40-29/h3-8,11-12,15-18,21,25,28H,2,9-10,13-14,19-20,22-23H2,1H3,(H,33,37)/t28-/m1/s1. The Kier molecular flexibility index (Phi) is 9.31. The molecule has 5 rings (SSSR count). The number of sulfonamides is 1. The van der Waals surface area contributed by atoms with Crippen LogP contribution in [0, 0.1) is 0 Å². The minimum atomic E-state index is -4.16. The van der Waals surface area contributed by atoms with Crippen LogP contribution in [-0.2, 0) is 26.2 Å². The number of ether oxygens (including phenoxy) is 2. The number of hydrogen-bond donors (Lipinski definition) is 1. The molecule has 2 amide bonds. The van der Waals surface area contributed by atoms with Crippen LogP contribution >= 0.6 is 0 Å². The molecule has 9 nitrogen and oxygen atoms in total. The number of nitrogens with zero attached hydrogens (tertiary/aromatic N) is 2. The smallest absolute Gasteiger partial charge is 0.264 e. The highest BCUT2D eigenvalue weighted by Gasteiger charge is 2.35. The fourth-order valence-corrected chi connectivity index (χ4v) is 6.93. The third kappa shape index (κ3) is 6.70. The van der Waals surface area contributed by atoms with E-state index in [1.165, 1.54) is 17.0 Å². The first-order valence-corrected chi connectivity index (χ1v) is 15.9. The van der Waals surface area contributed by atoms with Crippen LogP contribution in [0.5, 0.6) is 11.5 Å². The zero-order valence-corrected chi connectivity index (χ0v) is 24.6. The van der Waals surface area contributed by atoms with E-state index in [2.05, 4.69) is 5.32 Å². The Balaban J connectivity index is 1.50. The second-order valence-electron chi connectivity index (χ2n) is 10.6. The van der Waals surface area contributed by atoms with Crippen LogP contribution in [0.15, 0.2) is 83.8 Å². The van der Waals surface area contributed by atoms with Crippen molar-refractivity contribution in [2.45, 2.75) is 62.6 Å². The molecule has 222 valence electrons. The van der Waals surface area contributed by atoms with E-state index in [9.17, 15) is 18.0 Å². The van der Waals surface area contributed by atoms with Crippen LogP contribution in [0.3, 0.4) is 0 Å². The molecule has 0 saturated heterocycles. The normalized spacial score (nSPS) is 15.5. The van der Waals surface area contributed by atoms with Gasteiger partial charge in [-0.05, 0) is 49.1 Å². The number of nitrogens with one attached hydrogen (secondary N) is 1. The summed E-state index contributed by atoms with van der Waals surface area (Å²) in [5, 5.41) is 3.13. The molecule has 0 spiro atoms. The number of carbonyl (C=O) groups excluding carboxylic acids is 2. The van der Waals surface area contributed by atoms with E-state index in [1.807, 2.05) is 37.3 Å². The molecule has 1 heterocycles. The van der Waals surface area contributed by atoms with E-state index < -0.39 is 28.5 Å². The molecule has 2 aliphatic rings. The zero-order valence-electron chi connectivity index (χ0n) is 23.8. The van der Waals surface area contributed by atoms with Gasteiger partial charge in [0.2, 0.25) is 11.8 Å². The molecule has 42 heavy (non-hydrogen) atoms. The predicted molar refractivity (Wildman–Crippen MR) is 160 cm³/mol. The Morgan fingerprint density at radius 1 is 0.905 bits per heavy atom. The number of benzene rings is 3. The first-order chi connectivity index (χ1) is 20.4. The van der Waals surface area contributed by atoms with Crippen LogP contribution in [0.4, 0.5) is 5.69 Å².